The van der Waals surface area contributed by atoms with Crippen molar-refractivity contribution in [3.8, 4) is 0 Å². The lowest BCUT2D eigenvalue weighted by Crippen LogP contribution is -2.32. The first-order valence-electron chi connectivity index (χ1n) is 4.25. The molecule has 0 bridgehead atoms. The van der Waals surface area contributed by atoms with Crippen LogP contribution >= 0.6 is 0 Å². The Morgan fingerprint density at radius 1 is 1.27 bits per heavy atom. The predicted molar refractivity (Wildman–Crippen MR) is 46.4 cm³/mol. The quantitative estimate of drug-likeness (QED) is 0.564. The number of aromatic nitrogens is 1. The van der Waals surface area contributed by atoms with E-state index in [4.69, 9.17) is 0 Å². The van der Waals surface area contributed by atoms with E-state index in [9.17, 15) is 0 Å². The maximum Gasteiger partial charge on any atom is 0.181 e. The highest BCUT2D eigenvalue weighted by molar-refractivity contribution is 5.12. The fraction of sp³-hybridized carbons (Fsp3) is 0.500. The van der Waals surface area contributed by atoms with E-state index in [2.05, 4.69) is 43.8 Å². The Kier molecular flexibility index (Phi) is 2.64. The van der Waals surface area contributed by atoms with Crippen LogP contribution in [0.4, 0.5) is 0 Å². The van der Waals surface area contributed by atoms with Crippen molar-refractivity contribution in [2.24, 2.45) is 7.05 Å². The van der Waals surface area contributed by atoms with E-state index < -0.39 is 0 Å². The van der Waals surface area contributed by atoms with Crippen LogP contribution in [0.15, 0.2) is 18.3 Å². The third-order valence-electron chi connectivity index (χ3n) is 2.09. The van der Waals surface area contributed by atoms with Gasteiger partial charge >= 0.3 is 0 Å². The van der Waals surface area contributed by atoms with Crippen LogP contribution < -0.4 is 4.57 Å². The minimum absolute atomic E-state index is 1.12. The van der Waals surface area contributed by atoms with Crippen molar-refractivity contribution in [3.63, 3.8) is 0 Å². The second kappa shape index (κ2) is 3.51. The van der Waals surface area contributed by atoms with Gasteiger partial charge in [0.1, 0.15) is 7.05 Å². The monoisotopic (exact) mass is 150 g/mol. The number of rotatable bonds is 2. The topological polar surface area (TPSA) is 3.88 Å². The molecule has 0 saturated heterocycles. The van der Waals surface area contributed by atoms with Gasteiger partial charge in [0.15, 0.2) is 11.9 Å². The molecule has 0 unspecified atom stereocenters. The fourth-order valence-corrected chi connectivity index (χ4v) is 1.24. The van der Waals surface area contributed by atoms with Gasteiger partial charge in [-0.2, -0.15) is 0 Å². The zero-order valence-corrected chi connectivity index (χ0v) is 7.59. The number of hydrogen-bond acceptors (Lipinski definition) is 0. The lowest BCUT2D eigenvalue weighted by Gasteiger charge is -1.98. The third-order valence-corrected chi connectivity index (χ3v) is 2.09. The summed E-state index contributed by atoms with van der Waals surface area (Å²) in [5, 5.41) is 0. The van der Waals surface area contributed by atoms with Crippen LogP contribution in [0.1, 0.15) is 25.1 Å². The van der Waals surface area contributed by atoms with Gasteiger partial charge in [0.05, 0.1) is 0 Å². The molecular formula is C10H16N+. The van der Waals surface area contributed by atoms with E-state index in [1.807, 2.05) is 0 Å². The number of nitrogens with zero attached hydrogens (tertiary/aromatic N) is 1. The molecule has 0 spiro atoms. The smallest absolute Gasteiger partial charge is 0.181 e. The predicted octanol–water partition coefficient (Wildman–Crippen LogP) is 1.64. The van der Waals surface area contributed by atoms with Crippen LogP contribution in [0, 0.1) is 0 Å². The zero-order valence-electron chi connectivity index (χ0n) is 7.59. The average Bonchev–Trinajstić information content (AvgIpc) is 2.05. The van der Waals surface area contributed by atoms with E-state index in [1.165, 1.54) is 11.3 Å². The number of pyridine rings is 1. The van der Waals surface area contributed by atoms with E-state index in [1.54, 1.807) is 0 Å². The van der Waals surface area contributed by atoms with Gasteiger partial charge in [-0.15, -0.1) is 0 Å². The molecule has 0 radical (unpaired) electrons. The van der Waals surface area contributed by atoms with Crippen LogP contribution in [-0.4, -0.2) is 0 Å². The van der Waals surface area contributed by atoms with Crippen molar-refractivity contribution >= 4 is 0 Å². The van der Waals surface area contributed by atoms with Crippen LogP contribution in [-0.2, 0) is 19.9 Å². The maximum atomic E-state index is 2.28. The SMILES string of the molecule is CCc1cc[n+](C)c(CC)c1. The second-order valence-corrected chi connectivity index (χ2v) is 2.84. The number of hydrogen-bond donors (Lipinski definition) is 0. The van der Waals surface area contributed by atoms with Gasteiger partial charge < -0.3 is 0 Å². The Balaban J connectivity index is 3.02. The summed E-state index contributed by atoms with van der Waals surface area (Å²) in [6.45, 7) is 4.38. The molecule has 0 aliphatic carbocycles. The molecule has 60 valence electrons. The van der Waals surface area contributed by atoms with Crippen molar-refractivity contribution in [2.45, 2.75) is 26.7 Å². The van der Waals surface area contributed by atoms with E-state index in [0.717, 1.165) is 12.8 Å². The minimum atomic E-state index is 1.12. The maximum absolute atomic E-state index is 2.28. The lowest BCUT2D eigenvalue weighted by atomic mass is 10.1. The minimum Gasteiger partial charge on any atom is -0.205 e. The van der Waals surface area contributed by atoms with Crippen LogP contribution in [0.3, 0.4) is 0 Å². The molecule has 0 amide bonds. The summed E-state index contributed by atoms with van der Waals surface area (Å²) >= 11 is 0. The van der Waals surface area contributed by atoms with E-state index in [0.29, 0.717) is 0 Å². The molecule has 0 atom stereocenters. The van der Waals surface area contributed by atoms with Crippen molar-refractivity contribution in [2.75, 3.05) is 0 Å². The molecule has 1 heterocycles. The molecule has 1 aromatic rings. The highest BCUT2D eigenvalue weighted by atomic mass is 14.9. The highest BCUT2D eigenvalue weighted by Crippen LogP contribution is 2.00. The molecule has 1 aromatic heterocycles. The first kappa shape index (κ1) is 8.25. The molecular weight excluding hydrogens is 134 g/mol. The Labute approximate surface area is 68.7 Å². The van der Waals surface area contributed by atoms with Gasteiger partial charge in [0, 0.05) is 18.6 Å². The Morgan fingerprint density at radius 2 is 2.00 bits per heavy atom. The normalized spacial score (nSPS) is 10.1. The molecule has 0 aromatic carbocycles. The summed E-state index contributed by atoms with van der Waals surface area (Å²) in [5.74, 6) is 0. The molecule has 0 saturated carbocycles. The van der Waals surface area contributed by atoms with Crippen molar-refractivity contribution in [1.29, 1.82) is 0 Å². The van der Waals surface area contributed by atoms with Crippen molar-refractivity contribution in [1.82, 2.24) is 0 Å². The molecule has 0 aliphatic heterocycles. The van der Waals surface area contributed by atoms with Gasteiger partial charge in [-0.1, -0.05) is 13.8 Å². The van der Waals surface area contributed by atoms with Crippen LogP contribution in [0.25, 0.3) is 0 Å². The summed E-state index contributed by atoms with van der Waals surface area (Å²) in [6.07, 6.45) is 4.38. The fourth-order valence-electron chi connectivity index (χ4n) is 1.24. The summed E-state index contributed by atoms with van der Waals surface area (Å²) in [6, 6.07) is 4.46. The Morgan fingerprint density at radius 3 is 2.55 bits per heavy atom. The molecule has 0 fully saturated rings. The van der Waals surface area contributed by atoms with Crippen molar-refractivity contribution in [3.05, 3.63) is 29.6 Å². The summed E-state index contributed by atoms with van der Waals surface area (Å²) in [7, 11) is 2.10. The first-order valence-corrected chi connectivity index (χ1v) is 4.25. The summed E-state index contributed by atoms with van der Waals surface area (Å²) < 4.78 is 2.18. The van der Waals surface area contributed by atoms with Gasteiger partial charge in [0.2, 0.25) is 0 Å². The molecule has 0 N–H and O–H groups in total. The lowest BCUT2D eigenvalue weighted by molar-refractivity contribution is -0.679. The Hall–Kier alpha value is -0.850. The Bertz CT molecular complexity index is 241. The van der Waals surface area contributed by atoms with Crippen molar-refractivity contribution < 1.29 is 4.57 Å². The van der Waals surface area contributed by atoms with Crippen LogP contribution in [0.5, 0.6) is 0 Å². The van der Waals surface area contributed by atoms with Gasteiger partial charge in [-0.25, -0.2) is 4.57 Å². The average molecular weight is 150 g/mol. The van der Waals surface area contributed by atoms with Crippen LogP contribution in [0.2, 0.25) is 0 Å². The standard InChI is InChI=1S/C10H16N/c1-4-9-6-7-11(3)10(5-2)8-9/h6-8H,4-5H2,1-3H3/q+1. The summed E-state index contributed by atoms with van der Waals surface area (Å²) in [4.78, 5) is 0. The molecule has 1 nitrogen and oxygen atoms in total. The van der Waals surface area contributed by atoms with Gasteiger partial charge in [-0.05, 0) is 12.0 Å². The van der Waals surface area contributed by atoms with E-state index in [-0.39, 0.29) is 0 Å². The first-order chi connectivity index (χ1) is 5.27. The summed E-state index contributed by atoms with van der Waals surface area (Å²) in [5.41, 5.74) is 2.84. The molecule has 1 rings (SSSR count). The van der Waals surface area contributed by atoms with Gasteiger partial charge in [0.25, 0.3) is 0 Å². The largest absolute Gasteiger partial charge is 0.205 e. The van der Waals surface area contributed by atoms with E-state index >= 15 is 0 Å². The number of aryl methyl sites for hydroxylation is 3. The molecule has 1 heteroatoms. The molecule has 11 heavy (non-hydrogen) atoms. The second-order valence-electron chi connectivity index (χ2n) is 2.84. The third kappa shape index (κ3) is 1.79. The van der Waals surface area contributed by atoms with Gasteiger partial charge in [-0.3, -0.25) is 0 Å². The molecule has 0 aliphatic rings. The highest BCUT2D eigenvalue weighted by Gasteiger charge is 2.02. The zero-order chi connectivity index (χ0) is 8.27.